The zero-order valence-corrected chi connectivity index (χ0v) is 16.4. The molecule has 4 N–H and O–H groups in total. The number of amides is 1. The van der Waals surface area contributed by atoms with E-state index in [9.17, 15) is 4.79 Å². The predicted molar refractivity (Wildman–Crippen MR) is 104 cm³/mol. The minimum atomic E-state index is -0.705. The van der Waals surface area contributed by atoms with Gasteiger partial charge in [-0.15, -0.1) is 0 Å². The number of carbonyl (C=O) groups is 1. The molecule has 1 amide bonds. The molecule has 0 saturated heterocycles. The molecule has 0 unspecified atom stereocenters. The maximum atomic E-state index is 15.1. The van der Waals surface area contributed by atoms with Crippen molar-refractivity contribution in [1.29, 1.82) is 0 Å². The van der Waals surface area contributed by atoms with Crippen molar-refractivity contribution in [2.24, 2.45) is 0 Å². The molecule has 3 rings (SSSR count). The van der Waals surface area contributed by atoms with E-state index in [1.807, 2.05) is 0 Å². The van der Waals surface area contributed by atoms with Gasteiger partial charge in [0.25, 0.3) is 5.91 Å². The number of aliphatic hydroxyl groups is 1. The van der Waals surface area contributed by atoms with E-state index >= 15 is 4.39 Å². The van der Waals surface area contributed by atoms with Gasteiger partial charge in [-0.25, -0.2) is 14.9 Å². The summed E-state index contributed by atoms with van der Waals surface area (Å²) < 4.78 is 15.9. The van der Waals surface area contributed by atoms with Gasteiger partial charge in [0.15, 0.2) is 5.82 Å². The number of H-pyrrole nitrogens is 1. The molecule has 0 aliphatic heterocycles. The molecule has 0 saturated carbocycles. The highest BCUT2D eigenvalue weighted by Gasteiger charge is 2.22. The second-order valence-corrected chi connectivity index (χ2v) is 6.91. The van der Waals surface area contributed by atoms with Crippen LogP contribution in [0.2, 0.25) is 5.02 Å². The lowest BCUT2D eigenvalue weighted by Gasteiger charge is -2.15. The standard InChI is InChI=1S/C17H15BrClFN4O3/c1-8-21-13-7-10(17(26)24-27-5-4-25)15(14(20)16(13)22-8)23-12-3-2-9(18)6-11(12)19/h2-3,6-7,23,25H,4-5H2,1H3,(H,21,22)(H,24,26). The number of halogens is 3. The Hall–Kier alpha value is -2.20. The molecule has 2 aromatic carbocycles. The van der Waals surface area contributed by atoms with Crippen LogP contribution in [-0.4, -0.2) is 34.2 Å². The summed E-state index contributed by atoms with van der Waals surface area (Å²) in [6, 6.07) is 6.48. The summed E-state index contributed by atoms with van der Waals surface area (Å²) in [6.07, 6.45) is 0. The van der Waals surface area contributed by atoms with Crippen molar-refractivity contribution < 1.29 is 19.1 Å². The monoisotopic (exact) mass is 456 g/mol. The number of benzene rings is 2. The number of aryl methyl sites for hydroxylation is 1. The molecule has 0 bridgehead atoms. The van der Waals surface area contributed by atoms with Gasteiger partial charge in [-0.2, -0.15) is 0 Å². The first-order chi connectivity index (χ1) is 12.9. The van der Waals surface area contributed by atoms with Gasteiger partial charge in [-0.3, -0.25) is 9.63 Å². The third-order valence-corrected chi connectivity index (χ3v) is 4.44. The highest BCUT2D eigenvalue weighted by Crippen LogP contribution is 2.34. The molecule has 142 valence electrons. The molecule has 1 aromatic heterocycles. The molecule has 0 fully saturated rings. The summed E-state index contributed by atoms with van der Waals surface area (Å²) >= 11 is 9.50. The Morgan fingerprint density at radius 2 is 2.22 bits per heavy atom. The molecular formula is C17H15BrClFN4O3. The second-order valence-electron chi connectivity index (χ2n) is 5.58. The molecule has 0 atom stereocenters. The number of aromatic nitrogens is 2. The number of fused-ring (bicyclic) bond motifs is 1. The smallest absolute Gasteiger partial charge is 0.277 e. The van der Waals surface area contributed by atoms with E-state index in [4.69, 9.17) is 21.5 Å². The van der Waals surface area contributed by atoms with Gasteiger partial charge in [0.05, 0.1) is 40.7 Å². The van der Waals surface area contributed by atoms with Gasteiger partial charge in [-0.1, -0.05) is 27.5 Å². The minimum absolute atomic E-state index is 0.0134. The first-order valence-electron chi connectivity index (χ1n) is 7.84. The number of imidazole rings is 1. The zero-order chi connectivity index (χ0) is 19.6. The van der Waals surface area contributed by atoms with Crippen LogP contribution in [0.4, 0.5) is 15.8 Å². The summed E-state index contributed by atoms with van der Waals surface area (Å²) in [4.78, 5) is 24.3. The van der Waals surface area contributed by atoms with Crippen molar-refractivity contribution in [2.75, 3.05) is 18.5 Å². The predicted octanol–water partition coefficient (Wildman–Crippen LogP) is 3.82. The molecule has 10 heteroatoms. The molecule has 0 aliphatic rings. The number of rotatable bonds is 6. The average Bonchev–Trinajstić information content (AvgIpc) is 3.00. The van der Waals surface area contributed by atoms with Crippen LogP contribution >= 0.6 is 27.5 Å². The van der Waals surface area contributed by atoms with Crippen LogP contribution in [0.25, 0.3) is 11.0 Å². The van der Waals surface area contributed by atoms with E-state index in [2.05, 4.69) is 36.7 Å². The van der Waals surface area contributed by atoms with Crippen molar-refractivity contribution in [3.63, 3.8) is 0 Å². The minimum Gasteiger partial charge on any atom is -0.394 e. The van der Waals surface area contributed by atoms with Crippen molar-refractivity contribution in [3.05, 3.63) is 51.0 Å². The van der Waals surface area contributed by atoms with Crippen molar-refractivity contribution >= 4 is 55.8 Å². The fourth-order valence-electron chi connectivity index (χ4n) is 2.48. The summed E-state index contributed by atoms with van der Waals surface area (Å²) in [5.41, 5.74) is 2.93. The normalized spacial score (nSPS) is 11.0. The van der Waals surface area contributed by atoms with Crippen LogP contribution in [0.3, 0.4) is 0 Å². The Balaban J connectivity index is 2.08. The fraction of sp³-hybridized carbons (Fsp3) is 0.176. The van der Waals surface area contributed by atoms with Gasteiger partial charge in [-0.05, 0) is 31.2 Å². The fourth-order valence-corrected chi connectivity index (χ4v) is 3.20. The van der Waals surface area contributed by atoms with Gasteiger partial charge < -0.3 is 15.4 Å². The second kappa shape index (κ2) is 8.22. The van der Waals surface area contributed by atoms with Crippen LogP contribution in [0, 0.1) is 12.7 Å². The SMILES string of the molecule is Cc1nc2c(F)c(Nc3ccc(Br)cc3Cl)c(C(=O)NOCCO)cc2[nH]1. The number of hydrogen-bond donors (Lipinski definition) is 4. The van der Waals surface area contributed by atoms with E-state index in [-0.39, 0.29) is 30.0 Å². The molecule has 7 nitrogen and oxygen atoms in total. The molecule has 27 heavy (non-hydrogen) atoms. The Morgan fingerprint density at radius 1 is 1.44 bits per heavy atom. The van der Waals surface area contributed by atoms with E-state index in [1.165, 1.54) is 6.07 Å². The number of nitrogens with one attached hydrogen (secondary N) is 3. The largest absolute Gasteiger partial charge is 0.394 e. The Bertz CT molecular complexity index is 1010. The van der Waals surface area contributed by atoms with Gasteiger partial charge in [0.2, 0.25) is 0 Å². The van der Waals surface area contributed by atoms with Crippen LogP contribution in [-0.2, 0) is 4.84 Å². The summed E-state index contributed by atoms with van der Waals surface area (Å²) in [5.74, 6) is -0.888. The number of carbonyl (C=O) groups excluding carboxylic acids is 1. The van der Waals surface area contributed by atoms with Gasteiger partial charge >= 0.3 is 0 Å². The number of aliphatic hydroxyl groups excluding tert-OH is 1. The quantitative estimate of drug-likeness (QED) is 0.333. The highest BCUT2D eigenvalue weighted by molar-refractivity contribution is 9.10. The van der Waals surface area contributed by atoms with Crippen LogP contribution in [0.1, 0.15) is 16.2 Å². The summed E-state index contributed by atoms with van der Waals surface area (Å²) in [6.45, 7) is 1.32. The summed E-state index contributed by atoms with van der Waals surface area (Å²) in [5, 5.41) is 12.0. The molecule has 0 radical (unpaired) electrons. The van der Waals surface area contributed by atoms with Crippen LogP contribution < -0.4 is 10.8 Å². The molecule has 0 aliphatic carbocycles. The highest BCUT2D eigenvalue weighted by atomic mass is 79.9. The molecule has 0 spiro atoms. The van der Waals surface area contributed by atoms with E-state index < -0.39 is 11.7 Å². The number of aromatic amines is 1. The Labute approximate surface area is 167 Å². The van der Waals surface area contributed by atoms with Crippen LogP contribution in [0.5, 0.6) is 0 Å². The van der Waals surface area contributed by atoms with E-state index in [1.54, 1.807) is 25.1 Å². The Kier molecular flexibility index (Phi) is 5.95. The Morgan fingerprint density at radius 3 is 2.93 bits per heavy atom. The lowest BCUT2D eigenvalue weighted by Crippen LogP contribution is -2.26. The maximum Gasteiger partial charge on any atom is 0.277 e. The first-order valence-corrected chi connectivity index (χ1v) is 9.01. The zero-order valence-electron chi connectivity index (χ0n) is 14.1. The van der Waals surface area contributed by atoms with Crippen LogP contribution in [0.15, 0.2) is 28.7 Å². The number of anilines is 2. The lowest BCUT2D eigenvalue weighted by atomic mass is 10.1. The summed E-state index contributed by atoms with van der Waals surface area (Å²) in [7, 11) is 0. The lowest BCUT2D eigenvalue weighted by molar-refractivity contribution is 0.0169. The van der Waals surface area contributed by atoms with Crippen molar-refractivity contribution in [2.45, 2.75) is 6.92 Å². The molecule has 3 aromatic rings. The molecule has 1 heterocycles. The third-order valence-electron chi connectivity index (χ3n) is 3.63. The average molecular weight is 458 g/mol. The van der Waals surface area contributed by atoms with E-state index in [0.717, 1.165) is 4.47 Å². The topological polar surface area (TPSA) is 99.3 Å². The first kappa shape index (κ1) is 19.6. The van der Waals surface area contributed by atoms with Crippen molar-refractivity contribution in [1.82, 2.24) is 15.4 Å². The van der Waals surface area contributed by atoms with Crippen molar-refractivity contribution in [3.8, 4) is 0 Å². The van der Waals surface area contributed by atoms with E-state index in [0.29, 0.717) is 22.1 Å². The van der Waals surface area contributed by atoms with Gasteiger partial charge in [0, 0.05) is 4.47 Å². The molecular weight excluding hydrogens is 443 g/mol. The number of nitrogens with zero attached hydrogens (tertiary/aromatic N) is 1. The van der Waals surface area contributed by atoms with Gasteiger partial charge in [0.1, 0.15) is 11.3 Å². The number of hydroxylamine groups is 1. The number of hydrogen-bond acceptors (Lipinski definition) is 5. The maximum absolute atomic E-state index is 15.1. The third kappa shape index (κ3) is 4.22.